The summed E-state index contributed by atoms with van der Waals surface area (Å²) in [6.07, 6.45) is 3.29. The number of nitrogens with zero attached hydrogens (tertiary/aromatic N) is 4. The van der Waals surface area contributed by atoms with Gasteiger partial charge in [-0.3, -0.25) is 9.98 Å². The normalized spacial score (nSPS) is 11.5. The third-order valence-electron chi connectivity index (χ3n) is 6.43. The summed E-state index contributed by atoms with van der Waals surface area (Å²) in [5.74, 6) is 0.973. The fourth-order valence-corrected chi connectivity index (χ4v) is 4.32. The minimum absolute atomic E-state index is 0.180. The molecule has 0 fully saturated rings. The Balaban J connectivity index is 1.37. The van der Waals surface area contributed by atoms with Crippen molar-refractivity contribution < 1.29 is 10.2 Å². The molecule has 0 aliphatic heterocycles. The fourth-order valence-electron chi connectivity index (χ4n) is 4.32. The van der Waals surface area contributed by atoms with Gasteiger partial charge in [-0.1, -0.05) is 54.6 Å². The molecule has 192 valence electrons. The molecule has 0 saturated heterocycles. The molecular weight excluding hydrogens is 496 g/mol. The molecule has 6 heteroatoms. The Morgan fingerprint density at radius 3 is 1.75 bits per heavy atom. The Bertz CT molecular complexity index is 1860. The monoisotopic (exact) mass is 520 g/mol. The zero-order chi connectivity index (χ0) is 27.3. The van der Waals surface area contributed by atoms with Gasteiger partial charge in [-0.15, -0.1) is 0 Å². The second kappa shape index (κ2) is 11.0. The number of benzene rings is 5. The van der Waals surface area contributed by atoms with Crippen LogP contribution in [0, 0.1) is 0 Å². The lowest BCUT2D eigenvalue weighted by Gasteiger charge is -2.10. The molecule has 0 spiro atoms. The molecule has 5 aromatic carbocycles. The van der Waals surface area contributed by atoms with Crippen LogP contribution in [0.3, 0.4) is 0 Å². The summed E-state index contributed by atoms with van der Waals surface area (Å²) in [6, 6.07) is 37.7. The summed E-state index contributed by atoms with van der Waals surface area (Å²) in [5, 5.41) is 20.9. The van der Waals surface area contributed by atoms with Crippen LogP contribution in [0.4, 0.5) is 11.4 Å². The van der Waals surface area contributed by atoms with Gasteiger partial charge in [0.05, 0.1) is 22.6 Å². The standard InChI is InChI=1S/C34H24N4O2/c39-31-12-6-4-10-25(31)21-35-27-16-14-24(15-17-27)34-37-30-19-18-28(36-22-26-11-5-7-13-32(26)40)20-29(30)33(38-34)23-8-2-1-3-9-23/h1-22,39-40H. The highest BCUT2D eigenvalue weighted by atomic mass is 16.3. The molecular formula is C34H24N4O2. The molecule has 40 heavy (non-hydrogen) atoms. The van der Waals surface area contributed by atoms with Gasteiger partial charge in [0.15, 0.2) is 5.82 Å². The zero-order valence-electron chi connectivity index (χ0n) is 21.4. The van der Waals surface area contributed by atoms with E-state index in [-0.39, 0.29) is 11.5 Å². The maximum Gasteiger partial charge on any atom is 0.160 e. The molecule has 6 nitrogen and oxygen atoms in total. The van der Waals surface area contributed by atoms with Crippen molar-refractivity contribution in [2.45, 2.75) is 0 Å². The molecule has 6 aromatic rings. The number of aliphatic imine (C=N–C) groups is 2. The summed E-state index contributed by atoms with van der Waals surface area (Å²) < 4.78 is 0. The van der Waals surface area contributed by atoms with Crippen molar-refractivity contribution in [3.8, 4) is 34.1 Å². The van der Waals surface area contributed by atoms with E-state index < -0.39 is 0 Å². The third kappa shape index (κ3) is 5.33. The Hall–Kier alpha value is -5.62. The molecule has 0 aliphatic carbocycles. The van der Waals surface area contributed by atoms with Gasteiger partial charge >= 0.3 is 0 Å². The molecule has 2 N–H and O–H groups in total. The predicted molar refractivity (Wildman–Crippen MR) is 161 cm³/mol. The molecule has 0 amide bonds. The highest BCUT2D eigenvalue weighted by Gasteiger charge is 2.12. The van der Waals surface area contributed by atoms with Crippen molar-refractivity contribution in [1.29, 1.82) is 0 Å². The van der Waals surface area contributed by atoms with E-state index >= 15 is 0 Å². The van der Waals surface area contributed by atoms with Crippen LogP contribution in [-0.2, 0) is 0 Å². The van der Waals surface area contributed by atoms with Crippen LogP contribution in [0.5, 0.6) is 11.5 Å². The minimum Gasteiger partial charge on any atom is -0.507 e. The van der Waals surface area contributed by atoms with Gasteiger partial charge in [0.1, 0.15) is 11.5 Å². The zero-order valence-corrected chi connectivity index (χ0v) is 21.4. The van der Waals surface area contributed by atoms with E-state index in [0.717, 1.165) is 39.1 Å². The van der Waals surface area contributed by atoms with Crippen LogP contribution in [-0.4, -0.2) is 32.6 Å². The first-order chi connectivity index (χ1) is 19.6. The number of para-hydroxylation sites is 2. The first kappa shape index (κ1) is 24.7. The van der Waals surface area contributed by atoms with Gasteiger partial charge in [0.2, 0.25) is 0 Å². The minimum atomic E-state index is 0.180. The molecule has 0 atom stereocenters. The average Bonchev–Trinajstić information content (AvgIpc) is 3.00. The lowest BCUT2D eigenvalue weighted by atomic mass is 10.0. The van der Waals surface area contributed by atoms with Crippen LogP contribution in [0.15, 0.2) is 131 Å². The topological polar surface area (TPSA) is 91.0 Å². The lowest BCUT2D eigenvalue weighted by molar-refractivity contribution is 0.474. The summed E-state index contributed by atoms with van der Waals surface area (Å²) in [5.41, 5.74) is 6.23. The SMILES string of the molecule is Oc1ccccc1C=Nc1ccc(-c2nc(-c3ccccc3)c3cc(N=Cc4ccccc4O)ccc3n2)cc1. The van der Waals surface area contributed by atoms with E-state index in [1.165, 1.54) is 0 Å². The van der Waals surface area contributed by atoms with Crippen molar-refractivity contribution in [1.82, 2.24) is 9.97 Å². The first-order valence-corrected chi connectivity index (χ1v) is 12.8. The number of aromatic hydroxyl groups is 2. The number of fused-ring (bicyclic) bond motifs is 1. The van der Waals surface area contributed by atoms with Crippen LogP contribution in [0.2, 0.25) is 0 Å². The summed E-state index contributed by atoms with van der Waals surface area (Å²) >= 11 is 0. The third-order valence-corrected chi connectivity index (χ3v) is 6.43. The Morgan fingerprint density at radius 1 is 0.525 bits per heavy atom. The van der Waals surface area contributed by atoms with Crippen LogP contribution in [0.1, 0.15) is 11.1 Å². The van der Waals surface area contributed by atoms with Gasteiger partial charge in [0, 0.05) is 40.1 Å². The Kier molecular flexibility index (Phi) is 6.80. The van der Waals surface area contributed by atoms with E-state index in [4.69, 9.17) is 9.97 Å². The van der Waals surface area contributed by atoms with Crippen LogP contribution >= 0.6 is 0 Å². The quantitative estimate of drug-likeness (QED) is 0.219. The van der Waals surface area contributed by atoms with E-state index in [9.17, 15) is 10.2 Å². The second-order valence-electron chi connectivity index (χ2n) is 9.14. The molecule has 6 rings (SSSR count). The predicted octanol–water partition coefficient (Wildman–Crippen LogP) is 7.88. The highest BCUT2D eigenvalue weighted by Crippen LogP contribution is 2.32. The number of phenols is 2. The van der Waals surface area contributed by atoms with Gasteiger partial charge in [0.25, 0.3) is 0 Å². The van der Waals surface area contributed by atoms with E-state index in [0.29, 0.717) is 17.0 Å². The number of phenolic OH excluding ortho intramolecular Hbond substituents is 2. The maximum absolute atomic E-state index is 10.1. The molecule has 0 unspecified atom stereocenters. The van der Waals surface area contributed by atoms with Crippen molar-refractivity contribution >= 4 is 34.7 Å². The average molecular weight is 521 g/mol. The fraction of sp³-hybridized carbons (Fsp3) is 0. The first-order valence-electron chi connectivity index (χ1n) is 12.8. The van der Waals surface area contributed by atoms with Gasteiger partial charge in [-0.05, 0) is 66.7 Å². The summed E-state index contributed by atoms with van der Waals surface area (Å²) in [4.78, 5) is 18.9. The van der Waals surface area contributed by atoms with E-state index in [1.807, 2.05) is 97.1 Å². The van der Waals surface area contributed by atoms with E-state index in [2.05, 4.69) is 9.98 Å². The molecule has 0 saturated carbocycles. The van der Waals surface area contributed by atoms with Crippen LogP contribution in [0.25, 0.3) is 33.5 Å². The molecule has 0 aliphatic rings. The maximum atomic E-state index is 10.1. The highest BCUT2D eigenvalue weighted by molar-refractivity contribution is 5.96. The van der Waals surface area contributed by atoms with Crippen molar-refractivity contribution in [3.05, 3.63) is 132 Å². The molecule has 1 aromatic heterocycles. The molecule has 0 bridgehead atoms. The second-order valence-corrected chi connectivity index (χ2v) is 9.14. The van der Waals surface area contributed by atoms with E-state index in [1.54, 1.807) is 36.7 Å². The van der Waals surface area contributed by atoms with Crippen LogP contribution < -0.4 is 0 Å². The lowest BCUT2D eigenvalue weighted by Crippen LogP contribution is -1.95. The number of hydrogen-bond acceptors (Lipinski definition) is 6. The number of aromatic nitrogens is 2. The van der Waals surface area contributed by atoms with Crippen molar-refractivity contribution in [2.24, 2.45) is 9.98 Å². The Morgan fingerprint density at radius 2 is 1.10 bits per heavy atom. The smallest absolute Gasteiger partial charge is 0.160 e. The number of hydrogen-bond donors (Lipinski definition) is 2. The molecule has 0 radical (unpaired) electrons. The van der Waals surface area contributed by atoms with Crippen molar-refractivity contribution in [2.75, 3.05) is 0 Å². The van der Waals surface area contributed by atoms with Gasteiger partial charge in [-0.2, -0.15) is 0 Å². The van der Waals surface area contributed by atoms with Crippen molar-refractivity contribution in [3.63, 3.8) is 0 Å². The Labute approximate surface area is 231 Å². The van der Waals surface area contributed by atoms with Gasteiger partial charge in [-0.25, -0.2) is 9.97 Å². The van der Waals surface area contributed by atoms with Gasteiger partial charge < -0.3 is 10.2 Å². The molecule has 1 heterocycles. The summed E-state index contributed by atoms with van der Waals surface area (Å²) in [6.45, 7) is 0. The number of rotatable bonds is 6. The summed E-state index contributed by atoms with van der Waals surface area (Å²) in [7, 11) is 0. The largest absolute Gasteiger partial charge is 0.507 e.